The van der Waals surface area contributed by atoms with Crippen LogP contribution in [0.2, 0.25) is 0 Å². The van der Waals surface area contributed by atoms with Crippen LogP contribution in [0.15, 0.2) is 18.2 Å². The van der Waals surface area contributed by atoms with Gasteiger partial charge in [0.2, 0.25) is 0 Å². The molecule has 0 aliphatic carbocycles. The van der Waals surface area contributed by atoms with Gasteiger partial charge in [0.25, 0.3) is 0 Å². The molecule has 2 aliphatic rings. The molecule has 1 aromatic rings. The van der Waals surface area contributed by atoms with E-state index in [1.165, 1.54) is 12.8 Å². The summed E-state index contributed by atoms with van der Waals surface area (Å²) in [5.74, 6) is -0.0528. The zero-order chi connectivity index (χ0) is 13.1. The summed E-state index contributed by atoms with van der Waals surface area (Å²) < 4.78 is 14.2. The molecule has 1 N–H and O–H groups in total. The Morgan fingerprint density at radius 1 is 1.05 bits per heavy atom. The fraction of sp³-hybridized carbons (Fsp3) is 0.600. The van der Waals surface area contributed by atoms with Gasteiger partial charge in [0.05, 0.1) is 0 Å². The maximum Gasteiger partial charge on any atom is 0.129 e. The lowest BCUT2D eigenvalue weighted by molar-refractivity contribution is 0.230. The van der Waals surface area contributed by atoms with Crippen LogP contribution in [-0.4, -0.2) is 44.2 Å². The molecule has 2 fully saturated rings. The lowest BCUT2D eigenvalue weighted by Crippen LogP contribution is -2.43. The first kappa shape index (κ1) is 12.9. The Kier molecular flexibility index (Phi) is 3.99. The Morgan fingerprint density at radius 2 is 1.79 bits per heavy atom. The Morgan fingerprint density at radius 3 is 2.53 bits per heavy atom. The van der Waals surface area contributed by atoms with E-state index in [9.17, 15) is 4.39 Å². The maximum atomic E-state index is 14.2. The monoisotopic (exact) mass is 263 g/mol. The van der Waals surface area contributed by atoms with Crippen molar-refractivity contribution in [3.63, 3.8) is 0 Å². The number of halogens is 1. The third kappa shape index (κ3) is 2.90. The highest BCUT2D eigenvalue weighted by Gasteiger charge is 2.20. The van der Waals surface area contributed by atoms with Crippen molar-refractivity contribution in [3.8, 4) is 0 Å². The number of hydrogen-bond donors (Lipinski definition) is 1. The molecular formula is C15H22FN3. The van der Waals surface area contributed by atoms with E-state index in [0.29, 0.717) is 0 Å². The molecule has 2 heterocycles. The van der Waals surface area contributed by atoms with Crippen LogP contribution in [0.1, 0.15) is 18.4 Å². The molecule has 0 atom stereocenters. The van der Waals surface area contributed by atoms with Gasteiger partial charge in [-0.25, -0.2) is 4.39 Å². The molecule has 1 aromatic carbocycles. The molecule has 2 aliphatic heterocycles. The average Bonchev–Trinajstić information content (AvgIpc) is 2.96. The van der Waals surface area contributed by atoms with Gasteiger partial charge in [-0.15, -0.1) is 0 Å². The summed E-state index contributed by atoms with van der Waals surface area (Å²) in [5, 5.41) is 3.34. The second-order valence-corrected chi connectivity index (χ2v) is 5.46. The Balaban J connectivity index is 1.81. The molecule has 0 bridgehead atoms. The van der Waals surface area contributed by atoms with Crippen LogP contribution in [0, 0.1) is 5.82 Å². The van der Waals surface area contributed by atoms with E-state index >= 15 is 0 Å². The number of piperazine rings is 1. The van der Waals surface area contributed by atoms with Crippen LogP contribution in [0.4, 0.5) is 10.1 Å². The second-order valence-electron chi connectivity index (χ2n) is 5.46. The van der Waals surface area contributed by atoms with Gasteiger partial charge in [-0.1, -0.05) is 6.07 Å². The molecule has 0 saturated carbocycles. The summed E-state index contributed by atoms with van der Waals surface area (Å²) in [5.41, 5.74) is 1.99. The Labute approximate surface area is 114 Å². The molecule has 19 heavy (non-hydrogen) atoms. The van der Waals surface area contributed by atoms with Gasteiger partial charge in [0, 0.05) is 57.1 Å². The van der Waals surface area contributed by atoms with E-state index in [2.05, 4.69) is 21.2 Å². The molecule has 3 rings (SSSR count). The molecule has 0 amide bonds. The van der Waals surface area contributed by atoms with Gasteiger partial charge in [0.15, 0.2) is 0 Å². The van der Waals surface area contributed by atoms with Crippen molar-refractivity contribution >= 4 is 5.69 Å². The molecule has 104 valence electrons. The summed E-state index contributed by atoms with van der Waals surface area (Å²) >= 11 is 0. The van der Waals surface area contributed by atoms with Gasteiger partial charge in [-0.2, -0.15) is 0 Å². The largest absolute Gasteiger partial charge is 0.371 e. The van der Waals surface area contributed by atoms with Crippen molar-refractivity contribution in [2.45, 2.75) is 19.4 Å². The first-order valence-corrected chi connectivity index (χ1v) is 7.30. The minimum atomic E-state index is -0.0528. The van der Waals surface area contributed by atoms with Crippen molar-refractivity contribution in [2.75, 3.05) is 44.2 Å². The average molecular weight is 263 g/mol. The van der Waals surface area contributed by atoms with Crippen LogP contribution in [0.25, 0.3) is 0 Å². The van der Waals surface area contributed by atoms with Crippen molar-refractivity contribution in [2.24, 2.45) is 0 Å². The normalized spacial score (nSPS) is 21.0. The standard InChI is InChI=1S/C15H22FN3/c16-14-4-3-5-15(19-8-1-2-9-19)13(14)12-18-10-6-17-7-11-18/h3-5,17H,1-2,6-12H2. The Hall–Kier alpha value is -1.13. The summed E-state index contributed by atoms with van der Waals surface area (Å²) in [7, 11) is 0. The van der Waals surface area contributed by atoms with Gasteiger partial charge < -0.3 is 10.2 Å². The predicted octanol–water partition coefficient (Wildman–Crippen LogP) is 1.83. The number of rotatable bonds is 3. The number of hydrogen-bond acceptors (Lipinski definition) is 3. The number of anilines is 1. The highest BCUT2D eigenvalue weighted by Crippen LogP contribution is 2.27. The number of benzene rings is 1. The topological polar surface area (TPSA) is 18.5 Å². The highest BCUT2D eigenvalue weighted by molar-refractivity contribution is 5.54. The lowest BCUT2D eigenvalue weighted by atomic mass is 10.1. The smallest absolute Gasteiger partial charge is 0.129 e. The van der Waals surface area contributed by atoms with Gasteiger partial charge >= 0.3 is 0 Å². The van der Waals surface area contributed by atoms with Gasteiger partial charge in [0.1, 0.15) is 5.82 Å². The Bertz CT molecular complexity index is 423. The third-order valence-corrected chi connectivity index (χ3v) is 4.13. The molecule has 0 aromatic heterocycles. The molecule has 3 nitrogen and oxygen atoms in total. The minimum Gasteiger partial charge on any atom is -0.371 e. The number of nitrogens with zero attached hydrogens (tertiary/aromatic N) is 2. The predicted molar refractivity (Wildman–Crippen MR) is 76.0 cm³/mol. The first-order chi connectivity index (χ1) is 9.34. The third-order valence-electron chi connectivity index (χ3n) is 4.13. The lowest BCUT2D eigenvalue weighted by Gasteiger charge is -2.29. The van der Waals surface area contributed by atoms with E-state index in [-0.39, 0.29) is 5.82 Å². The second kappa shape index (κ2) is 5.88. The molecular weight excluding hydrogens is 241 g/mol. The zero-order valence-electron chi connectivity index (χ0n) is 11.4. The van der Waals surface area contributed by atoms with Crippen LogP contribution in [0.5, 0.6) is 0 Å². The minimum absolute atomic E-state index is 0.0528. The molecule has 0 radical (unpaired) electrons. The molecule has 0 unspecified atom stereocenters. The summed E-state index contributed by atoms with van der Waals surface area (Å²) in [6.45, 7) is 6.90. The highest BCUT2D eigenvalue weighted by atomic mass is 19.1. The number of nitrogens with one attached hydrogen (secondary N) is 1. The van der Waals surface area contributed by atoms with E-state index in [4.69, 9.17) is 0 Å². The van der Waals surface area contributed by atoms with Gasteiger partial charge in [-0.05, 0) is 25.0 Å². The zero-order valence-corrected chi connectivity index (χ0v) is 11.4. The summed E-state index contributed by atoms with van der Waals surface area (Å²) in [6.07, 6.45) is 2.45. The SMILES string of the molecule is Fc1cccc(N2CCCC2)c1CN1CCNCC1. The quantitative estimate of drug-likeness (QED) is 0.897. The van der Waals surface area contributed by atoms with E-state index in [1.54, 1.807) is 6.07 Å². The van der Waals surface area contributed by atoms with E-state index in [0.717, 1.165) is 57.1 Å². The fourth-order valence-electron chi connectivity index (χ4n) is 3.05. The summed E-state index contributed by atoms with van der Waals surface area (Å²) in [6, 6.07) is 5.51. The first-order valence-electron chi connectivity index (χ1n) is 7.30. The van der Waals surface area contributed by atoms with Crippen LogP contribution >= 0.6 is 0 Å². The van der Waals surface area contributed by atoms with Gasteiger partial charge in [-0.3, -0.25) is 4.90 Å². The van der Waals surface area contributed by atoms with E-state index < -0.39 is 0 Å². The maximum absolute atomic E-state index is 14.2. The van der Waals surface area contributed by atoms with Crippen LogP contribution < -0.4 is 10.2 Å². The van der Waals surface area contributed by atoms with Crippen molar-refractivity contribution in [3.05, 3.63) is 29.6 Å². The van der Waals surface area contributed by atoms with Crippen molar-refractivity contribution < 1.29 is 4.39 Å². The molecule has 0 spiro atoms. The summed E-state index contributed by atoms with van der Waals surface area (Å²) in [4.78, 5) is 4.68. The van der Waals surface area contributed by atoms with E-state index in [1.807, 2.05) is 6.07 Å². The van der Waals surface area contributed by atoms with Crippen molar-refractivity contribution in [1.82, 2.24) is 10.2 Å². The fourth-order valence-corrected chi connectivity index (χ4v) is 3.05. The van der Waals surface area contributed by atoms with Crippen molar-refractivity contribution in [1.29, 1.82) is 0 Å². The molecule has 4 heteroatoms. The van der Waals surface area contributed by atoms with Crippen LogP contribution in [-0.2, 0) is 6.54 Å². The van der Waals surface area contributed by atoms with Crippen LogP contribution in [0.3, 0.4) is 0 Å². The molecule has 2 saturated heterocycles.